The summed E-state index contributed by atoms with van der Waals surface area (Å²) < 4.78 is 0. The van der Waals surface area contributed by atoms with Crippen LogP contribution in [0.5, 0.6) is 0 Å². The molecular formula is C19H20Cl2N2O2. The van der Waals surface area contributed by atoms with Crippen LogP contribution in [0, 0.1) is 0 Å². The highest BCUT2D eigenvalue weighted by molar-refractivity contribution is 6.39. The first kappa shape index (κ1) is 19.3. The average molecular weight is 379 g/mol. The van der Waals surface area contributed by atoms with E-state index in [0.29, 0.717) is 15.7 Å². The number of nitrogens with one attached hydrogen (secondary N) is 1. The van der Waals surface area contributed by atoms with Gasteiger partial charge in [-0.1, -0.05) is 59.6 Å². The number of carbonyl (C=O) groups is 2. The number of anilines is 1. The third-order valence-corrected chi connectivity index (χ3v) is 4.44. The number of hydrogen-bond acceptors (Lipinski definition) is 2. The van der Waals surface area contributed by atoms with E-state index in [0.717, 1.165) is 5.56 Å². The van der Waals surface area contributed by atoms with Crippen LogP contribution < -0.4 is 10.2 Å². The van der Waals surface area contributed by atoms with E-state index < -0.39 is 0 Å². The first-order valence-corrected chi connectivity index (χ1v) is 8.72. The highest BCUT2D eigenvalue weighted by Gasteiger charge is 2.19. The largest absolute Gasteiger partial charge is 0.350 e. The van der Waals surface area contributed by atoms with E-state index in [2.05, 4.69) is 5.32 Å². The van der Waals surface area contributed by atoms with E-state index in [9.17, 15) is 9.59 Å². The van der Waals surface area contributed by atoms with Gasteiger partial charge in [-0.25, -0.2) is 0 Å². The van der Waals surface area contributed by atoms with Crippen LogP contribution in [0.2, 0.25) is 10.0 Å². The lowest BCUT2D eigenvalue weighted by Crippen LogP contribution is -2.35. The fraction of sp³-hybridized carbons (Fsp3) is 0.263. The Kier molecular flexibility index (Phi) is 6.85. The first-order valence-electron chi connectivity index (χ1n) is 7.96. The van der Waals surface area contributed by atoms with Gasteiger partial charge >= 0.3 is 0 Å². The van der Waals surface area contributed by atoms with Crippen molar-refractivity contribution in [1.82, 2.24) is 5.32 Å². The summed E-state index contributed by atoms with van der Waals surface area (Å²) in [7, 11) is 0. The van der Waals surface area contributed by atoms with Crippen LogP contribution in [-0.4, -0.2) is 18.4 Å². The molecule has 2 amide bonds. The van der Waals surface area contributed by atoms with Crippen molar-refractivity contribution in [2.24, 2.45) is 0 Å². The average Bonchev–Trinajstić information content (AvgIpc) is 2.57. The van der Waals surface area contributed by atoms with E-state index >= 15 is 0 Å². The zero-order chi connectivity index (χ0) is 18.4. The number of hydrogen-bond donors (Lipinski definition) is 1. The Bertz CT molecular complexity index is 730. The molecule has 6 heteroatoms. The van der Waals surface area contributed by atoms with E-state index in [1.54, 1.807) is 18.2 Å². The van der Waals surface area contributed by atoms with E-state index in [1.165, 1.54) is 11.8 Å². The summed E-state index contributed by atoms with van der Waals surface area (Å²) in [5, 5.41) is 3.68. The second-order valence-electron chi connectivity index (χ2n) is 5.69. The minimum absolute atomic E-state index is 0.108. The van der Waals surface area contributed by atoms with Gasteiger partial charge in [0.25, 0.3) is 0 Å². The molecule has 2 aromatic carbocycles. The van der Waals surface area contributed by atoms with Gasteiger partial charge in [0, 0.05) is 19.9 Å². The molecule has 0 saturated heterocycles. The Balaban J connectivity index is 2.02. The maximum absolute atomic E-state index is 12.2. The van der Waals surface area contributed by atoms with Crippen LogP contribution in [0.1, 0.15) is 31.9 Å². The summed E-state index contributed by atoms with van der Waals surface area (Å²) >= 11 is 12.3. The molecule has 0 heterocycles. The number of benzene rings is 2. The Morgan fingerprint density at radius 1 is 1.04 bits per heavy atom. The quantitative estimate of drug-likeness (QED) is 0.797. The van der Waals surface area contributed by atoms with Crippen molar-refractivity contribution in [3.05, 3.63) is 64.1 Å². The summed E-state index contributed by atoms with van der Waals surface area (Å²) in [6.45, 7) is 3.54. The van der Waals surface area contributed by atoms with Crippen molar-refractivity contribution in [2.45, 2.75) is 26.3 Å². The molecule has 2 aromatic rings. The van der Waals surface area contributed by atoms with Crippen LogP contribution in [0.15, 0.2) is 48.5 Å². The molecule has 4 nitrogen and oxygen atoms in total. The fourth-order valence-corrected chi connectivity index (χ4v) is 3.13. The molecule has 0 aliphatic heterocycles. The Morgan fingerprint density at radius 3 is 2.20 bits per heavy atom. The van der Waals surface area contributed by atoms with Crippen molar-refractivity contribution in [1.29, 1.82) is 0 Å². The lowest BCUT2D eigenvalue weighted by Gasteiger charge is -2.23. The molecule has 0 bridgehead atoms. The van der Waals surface area contributed by atoms with E-state index in [1.807, 2.05) is 37.3 Å². The van der Waals surface area contributed by atoms with Crippen molar-refractivity contribution in [3.63, 3.8) is 0 Å². The second-order valence-corrected chi connectivity index (χ2v) is 6.51. The molecule has 0 radical (unpaired) electrons. The predicted molar refractivity (Wildman–Crippen MR) is 102 cm³/mol. The monoisotopic (exact) mass is 378 g/mol. The minimum atomic E-state index is -0.223. The van der Waals surface area contributed by atoms with Crippen molar-refractivity contribution in [3.8, 4) is 0 Å². The van der Waals surface area contributed by atoms with Crippen LogP contribution in [0.3, 0.4) is 0 Å². The van der Waals surface area contributed by atoms with Crippen LogP contribution in [-0.2, 0) is 9.59 Å². The van der Waals surface area contributed by atoms with Gasteiger partial charge in [0.1, 0.15) is 0 Å². The number of rotatable bonds is 6. The number of carbonyl (C=O) groups excluding carboxylic acids is 2. The Morgan fingerprint density at radius 2 is 1.64 bits per heavy atom. The molecule has 1 N–H and O–H groups in total. The third kappa shape index (κ3) is 5.21. The minimum Gasteiger partial charge on any atom is -0.350 e. The normalized spacial score (nSPS) is 11.7. The predicted octanol–water partition coefficient (Wildman–Crippen LogP) is 4.61. The Labute approximate surface area is 157 Å². The fourth-order valence-electron chi connectivity index (χ4n) is 2.53. The highest BCUT2D eigenvalue weighted by atomic mass is 35.5. The summed E-state index contributed by atoms with van der Waals surface area (Å²) in [5.41, 5.74) is 1.45. The lowest BCUT2D eigenvalue weighted by atomic mass is 10.1. The van der Waals surface area contributed by atoms with Crippen LogP contribution in [0.4, 0.5) is 5.69 Å². The summed E-state index contributed by atoms with van der Waals surface area (Å²) in [5.74, 6) is -0.371. The summed E-state index contributed by atoms with van der Waals surface area (Å²) in [4.78, 5) is 25.6. The molecule has 0 aliphatic carbocycles. The molecule has 25 heavy (non-hydrogen) atoms. The Hall–Kier alpha value is -2.04. The number of nitrogens with zero attached hydrogens (tertiary/aromatic N) is 1. The third-order valence-electron chi connectivity index (χ3n) is 3.83. The maximum Gasteiger partial charge on any atom is 0.223 e. The van der Waals surface area contributed by atoms with Crippen molar-refractivity contribution in [2.75, 3.05) is 11.4 Å². The van der Waals surface area contributed by atoms with Crippen LogP contribution >= 0.6 is 23.2 Å². The van der Waals surface area contributed by atoms with Crippen molar-refractivity contribution < 1.29 is 9.59 Å². The summed E-state index contributed by atoms with van der Waals surface area (Å²) in [6, 6.07) is 14.6. The van der Waals surface area contributed by atoms with Gasteiger partial charge in [-0.2, -0.15) is 0 Å². The topological polar surface area (TPSA) is 49.4 Å². The van der Waals surface area contributed by atoms with Gasteiger partial charge in [-0.3, -0.25) is 9.59 Å². The van der Waals surface area contributed by atoms with Gasteiger partial charge in [0.05, 0.1) is 21.8 Å². The zero-order valence-electron chi connectivity index (χ0n) is 14.1. The highest BCUT2D eigenvalue weighted by Crippen LogP contribution is 2.33. The molecule has 2 rings (SSSR count). The SMILES string of the molecule is CC(=O)N(CCC(=O)NC(C)c1ccccc1)c1c(Cl)cccc1Cl. The zero-order valence-corrected chi connectivity index (χ0v) is 15.6. The molecule has 0 saturated carbocycles. The van der Waals surface area contributed by atoms with Gasteiger partial charge in [0.15, 0.2) is 0 Å². The molecule has 1 unspecified atom stereocenters. The molecule has 0 spiro atoms. The second kappa shape index (κ2) is 8.88. The number of para-hydroxylation sites is 1. The molecular weight excluding hydrogens is 359 g/mol. The smallest absolute Gasteiger partial charge is 0.223 e. The standard InChI is InChI=1S/C19H20Cl2N2O2/c1-13(15-7-4-3-5-8-15)22-18(25)11-12-23(14(2)24)19-16(20)9-6-10-17(19)21/h3-10,13H,11-12H2,1-2H3,(H,22,25). The maximum atomic E-state index is 12.2. The molecule has 0 aliphatic rings. The van der Waals surface area contributed by atoms with Gasteiger partial charge in [0.2, 0.25) is 11.8 Å². The molecule has 0 aromatic heterocycles. The molecule has 1 atom stereocenters. The van der Waals surface area contributed by atoms with Gasteiger partial charge in [-0.05, 0) is 24.6 Å². The summed E-state index contributed by atoms with van der Waals surface area (Å²) in [6.07, 6.45) is 0.151. The van der Waals surface area contributed by atoms with E-state index in [-0.39, 0.29) is 30.8 Å². The van der Waals surface area contributed by atoms with E-state index in [4.69, 9.17) is 23.2 Å². The number of halogens is 2. The molecule has 0 fully saturated rings. The van der Waals surface area contributed by atoms with Gasteiger partial charge < -0.3 is 10.2 Å². The van der Waals surface area contributed by atoms with Crippen molar-refractivity contribution >= 4 is 40.7 Å². The number of amides is 2. The lowest BCUT2D eigenvalue weighted by molar-refractivity contribution is -0.121. The first-order chi connectivity index (χ1) is 11.9. The van der Waals surface area contributed by atoms with Gasteiger partial charge in [-0.15, -0.1) is 0 Å². The molecule has 132 valence electrons. The van der Waals surface area contributed by atoms with Crippen LogP contribution in [0.25, 0.3) is 0 Å².